The summed E-state index contributed by atoms with van der Waals surface area (Å²) in [6, 6.07) is 11.8. The molecule has 4 heteroatoms. The summed E-state index contributed by atoms with van der Waals surface area (Å²) in [6.45, 7) is 2.01. The molecule has 0 spiro atoms. The first-order valence-corrected chi connectivity index (χ1v) is 7.13. The third-order valence-electron chi connectivity index (χ3n) is 2.72. The zero-order chi connectivity index (χ0) is 14.5. The molecule has 1 amide bonds. The Labute approximate surface area is 130 Å². The molecule has 0 aliphatic carbocycles. The van der Waals surface area contributed by atoms with Gasteiger partial charge in [0.25, 0.3) is 0 Å². The maximum Gasteiger partial charge on any atom is 0.248 e. The van der Waals surface area contributed by atoms with Crippen molar-refractivity contribution in [2.75, 3.05) is 5.32 Å². The van der Waals surface area contributed by atoms with Gasteiger partial charge < -0.3 is 5.32 Å². The SMILES string of the molecule is Cc1ccc(NC(=O)/C=C/c2cccc(F)c2)cc1I. The average molecular weight is 381 g/mol. The Morgan fingerprint density at radius 2 is 2.05 bits per heavy atom. The molecular weight excluding hydrogens is 368 g/mol. The van der Waals surface area contributed by atoms with Gasteiger partial charge in [0.05, 0.1) is 0 Å². The van der Waals surface area contributed by atoms with Crippen LogP contribution in [0.15, 0.2) is 48.5 Å². The molecule has 0 aromatic heterocycles. The summed E-state index contributed by atoms with van der Waals surface area (Å²) in [5.41, 5.74) is 2.56. The number of rotatable bonds is 3. The van der Waals surface area contributed by atoms with Crippen LogP contribution in [-0.4, -0.2) is 5.91 Å². The molecule has 2 nitrogen and oxygen atoms in total. The van der Waals surface area contributed by atoms with Gasteiger partial charge in [0.15, 0.2) is 0 Å². The molecule has 0 atom stereocenters. The van der Waals surface area contributed by atoms with Crippen LogP contribution in [0.2, 0.25) is 0 Å². The quantitative estimate of drug-likeness (QED) is 0.620. The number of aryl methyl sites for hydroxylation is 1. The molecule has 0 aliphatic heterocycles. The van der Waals surface area contributed by atoms with E-state index in [1.54, 1.807) is 18.2 Å². The summed E-state index contributed by atoms with van der Waals surface area (Å²) in [4.78, 5) is 11.8. The van der Waals surface area contributed by atoms with Crippen LogP contribution in [0, 0.1) is 16.3 Å². The first-order valence-electron chi connectivity index (χ1n) is 6.05. The fraction of sp³-hybridized carbons (Fsp3) is 0.0625. The largest absolute Gasteiger partial charge is 0.322 e. The predicted octanol–water partition coefficient (Wildman–Crippen LogP) is 4.39. The molecule has 0 aliphatic rings. The van der Waals surface area contributed by atoms with Crippen LogP contribution in [0.25, 0.3) is 6.08 Å². The van der Waals surface area contributed by atoms with Crippen molar-refractivity contribution in [1.82, 2.24) is 0 Å². The van der Waals surface area contributed by atoms with Crippen LogP contribution in [0.3, 0.4) is 0 Å². The van der Waals surface area contributed by atoms with Crippen LogP contribution >= 0.6 is 22.6 Å². The number of nitrogens with one attached hydrogen (secondary N) is 1. The second-order valence-corrected chi connectivity index (χ2v) is 5.50. The Bertz CT molecular complexity index is 667. The lowest BCUT2D eigenvalue weighted by atomic mass is 10.2. The summed E-state index contributed by atoms with van der Waals surface area (Å²) in [5.74, 6) is -0.561. The van der Waals surface area contributed by atoms with Crippen molar-refractivity contribution in [3.63, 3.8) is 0 Å². The van der Waals surface area contributed by atoms with E-state index in [4.69, 9.17) is 0 Å². The van der Waals surface area contributed by atoms with E-state index >= 15 is 0 Å². The number of benzene rings is 2. The van der Waals surface area contributed by atoms with E-state index in [0.717, 1.165) is 9.26 Å². The topological polar surface area (TPSA) is 29.1 Å². The van der Waals surface area contributed by atoms with Crippen LogP contribution in [0.5, 0.6) is 0 Å². The van der Waals surface area contributed by atoms with E-state index in [1.165, 1.54) is 23.8 Å². The second kappa shape index (κ2) is 6.65. The number of carbonyl (C=O) groups is 1. The van der Waals surface area contributed by atoms with Gasteiger partial charge in [-0.15, -0.1) is 0 Å². The van der Waals surface area contributed by atoms with E-state index in [2.05, 4.69) is 27.9 Å². The standard InChI is InChI=1S/C16H13FINO/c1-11-5-7-14(10-15(11)18)19-16(20)8-6-12-3-2-4-13(17)9-12/h2-10H,1H3,(H,19,20)/b8-6+. The molecule has 0 saturated heterocycles. The van der Waals surface area contributed by atoms with Crippen molar-refractivity contribution in [3.05, 3.63) is 69.1 Å². The van der Waals surface area contributed by atoms with Gasteiger partial charge >= 0.3 is 0 Å². The van der Waals surface area contributed by atoms with Crippen molar-refractivity contribution >= 4 is 40.3 Å². The van der Waals surface area contributed by atoms with Gasteiger partial charge in [0.1, 0.15) is 5.82 Å². The van der Waals surface area contributed by atoms with Gasteiger partial charge in [-0.3, -0.25) is 4.79 Å². The van der Waals surface area contributed by atoms with Crippen molar-refractivity contribution in [3.8, 4) is 0 Å². The van der Waals surface area contributed by atoms with Crippen molar-refractivity contribution in [2.45, 2.75) is 6.92 Å². The van der Waals surface area contributed by atoms with Crippen LogP contribution in [0.4, 0.5) is 10.1 Å². The molecular formula is C16H13FINO. The number of anilines is 1. The van der Waals surface area contributed by atoms with Gasteiger partial charge in [-0.05, 0) is 71.0 Å². The molecule has 2 rings (SSSR count). The molecule has 0 unspecified atom stereocenters. The molecule has 0 saturated carbocycles. The zero-order valence-electron chi connectivity index (χ0n) is 10.9. The fourth-order valence-corrected chi connectivity index (χ4v) is 2.15. The highest BCUT2D eigenvalue weighted by atomic mass is 127. The van der Waals surface area contributed by atoms with E-state index in [9.17, 15) is 9.18 Å². The normalized spacial score (nSPS) is 10.8. The number of amides is 1. The molecule has 0 heterocycles. The van der Waals surface area contributed by atoms with Crippen LogP contribution in [0.1, 0.15) is 11.1 Å². The monoisotopic (exact) mass is 381 g/mol. The summed E-state index contributed by atoms with van der Waals surface area (Å²) in [5, 5.41) is 2.77. The number of hydrogen-bond acceptors (Lipinski definition) is 1. The van der Waals surface area contributed by atoms with Gasteiger partial charge in [0.2, 0.25) is 5.91 Å². The minimum absolute atomic E-state index is 0.242. The molecule has 0 fully saturated rings. The van der Waals surface area contributed by atoms with E-state index in [-0.39, 0.29) is 11.7 Å². The van der Waals surface area contributed by atoms with E-state index in [0.29, 0.717) is 5.56 Å². The zero-order valence-corrected chi connectivity index (χ0v) is 13.0. The molecule has 1 N–H and O–H groups in total. The maximum atomic E-state index is 13.0. The van der Waals surface area contributed by atoms with Crippen LogP contribution in [-0.2, 0) is 4.79 Å². The van der Waals surface area contributed by atoms with Gasteiger partial charge in [-0.2, -0.15) is 0 Å². The third-order valence-corrected chi connectivity index (χ3v) is 3.88. The summed E-state index contributed by atoms with van der Waals surface area (Å²) < 4.78 is 14.1. The maximum absolute atomic E-state index is 13.0. The lowest BCUT2D eigenvalue weighted by molar-refractivity contribution is -0.111. The highest BCUT2D eigenvalue weighted by molar-refractivity contribution is 14.1. The molecule has 0 radical (unpaired) electrons. The molecule has 2 aromatic carbocycles. The lowest BCUT2D eigenvalue weighted by Gasteiger charge is -2.04. The number of hydrogen-bond donors (Lipinski definition) is 1. The minimum atomic E-state index is -0.319. The Hall–Kier alpha value is -1.69. The second-order valence-electron chi connectivity index (χ2n) is 4.34. The molecule has 0 bridgehead atoms. The first-order chi connectivity index (χ1) is 9.54. The fourth-order valence-electron chi connectivity index (χ4n) is 1.64. The number of carbonyl (C=O) groups excluding carboxylic acids is 1. The number of halogens is 2. The molecule has 20 heavy (non-hydrogen) atoms. The predicted molar refractivity (Wildman–Crippen MR) is 88.0 cm³/mol. The highest BCUT2D eigenvalue weighted by Crippen LogP contribution is 2.17. The van der Waals surface area contributed by atoms with Gasteiger partial charge in [-0.1, -0.05) is 18.2 Å². The smallest absolute Gasteiger partial charge is 0.248 e. The van der Waals surface area contributed by atoms with Crippen LogP contribution < -0.4 is 5.32 Å². The van der Waals surface area contributed by atoms with E-state index < -0.39 is 0 Å². The van der Waals surface area contributed by atoms with Crippen molar-refractivity contribution < 1.29 is 9.18 Å². The Morgan fingerprint density at radius 3 is 2.75 bits per heavy atom. The highest BCUT2D eigenvalue weighted by Gasteiger charge is 2.00. The summed E-state index contributed by atoms with van der Waals surface area (Å²) >= 11 is 2.22. The Morgan fingerprint density at radius 1 is 1.25 bits per heavy atom. The lowest BCUT2D eigenvalue weighted by Crippen LogP contribution is -2.07. The van der Waals surface area contributed by atoms with Crippen molar-refractivity contribution in [2.24, 2.45) is 0 Å². The third kappa shape index (κ3) is 4.16. The van der Waals surface area contributed by atoms with Gasteiger partial charge in [0, 0.05) is 15.3 Å². The van der Waals surface area contributed by atoms with Crippen molar-refractivity contribution in [1.29, 1.82) is 0 Å². The summed E-state index contributed by atoms with van der Waals surface area (Å²) in [6.07, 6.45) is 2.97. The van der Waals surface area contributed by atoms with E-state index in [1.807, 2.05) is 25.1 Å². The average Bonchev–Trinajstić information content (AvgIpc) is 2.41. The Balaban J connectivity index is 2.03. The molecule has 2 aromatic rings. The van der Waals surface area contributed by atoms with Gasteiger partial charge in [-0.25, -0.2) is 4.39 Å². The first kappa shape index (κ1) is 14.7. The summed E-state index contributed by atoms with van der Waals surface area (Å²) in [7, 11) is 0. The minimum Gasteiger partial charge on any atom is -0.322 e. The Kier molecular flexibility index (Phi) is 4.89. The molecule has 102 valence electrons.